The van der Waals surface area contributed by atoms with Crippen LogP contribution in [0.4, 0.5) is 5.82 Å². The third kappa shape index (κ3) is 3.26. The van der Waals surface area contributed by atoms with Gasteiger partial charge in [0.05, 0.1) is 5.75 Å². The highest BCUT2D eigenvalue weighted by atomic mass is 32.2. The molecule has 3 rings (SSSR count). The number of nitrogens with two attached hydrogens (primary N) is 1. The van der Waals surface area contributed by atoms with Crippen molar-refractivity contribution in [3.63, 3.8) is 0 Å². The Bertz CT molecular complexity index is 1190. The van der Waals surface area contributed by atoms with E-state index < -0.39 is 17.0 Å². The molecule has 0 unspecified atom stereocenters. The van der Waals surface area contributed by atoms with Gasteiger partial charge < -0.3 is 10.3 Å². The summed E-state index contributed by atoms with van der Waals surface area (Å²) >= 11 is 1.15. The average molecular weight is 400 g/mol. The number of anilines is 1. The van der Waals surface area contributed by atoms with Crippen LogP contribution in [0.15, 0.2) is 39.0 Å². The van der Waals surface area contributed by atoms with Crippen molar-refractivity contribution in [2.75, 3.05) is 11.5 Å². The number of hydrogen-bond acceptors (Lipinski definition) is 7. The zero-order valence-electron chi connectivity index (χ0n) is 16.0. The second kappa shape index (κ2) is 7.47. The first-order valence-electron chi connectivity index (χ1n) is 8.41. The van der Waals surface area contributed by atoms with Crippen molar-refractivity contribution in [3.05, 3.63) is 56.2 Å². The molecule has 3 aromatic rings. The molecule has 2 aromatic heterocycles. The molecule has 0 aliphatic carbocycles. The summed E-state index contributed by atoms with van der Waals surface area (Å²) in [4.78, 5) is 36.8. The molecule has 0 aliphatic rings. The van der Waals surface area contributed by atoms with E-state index in [0.717, 1.165) is 32.0 Å². The molecule has 0 fully saturated rings. The summed E-state index contributed by atoms with van der Waals surface area (Å²) in [5.74, 6) is 0.0131. The van der Waals surface area contributed by atoms with E-state index in [-0.39, 0.29) is 17.1 Å². The summed E-state index contributed by atoms with van der Waals surface area (Å²) < 4.78 is 3.74. The summed E-state index contributed by atoms with van der Waals surface area (Å²) in [6, 6.07) is 7.81. The van der Waals surface area contributed by atoms with Crippen LogP contribution in [0.3, 0.4) is 0 Å². The van der Waals surface area contributed by atoms with Gasteiger partial charge in [-0.2, -0.15) is 0 Å². The Hall–Kier alpha value is -3.14. The quantitative estimate of drug-likeness (QED) is 0.496. The number of rotatable bonds is 5. The Labute approximate surface area is 164 Å². The van der Waals surface area contributed by atoms with Crippen LogP contribution in [0.25, 0.3) is 11.4 Å². The fourth-order valence-corrected chi connectivity index (χ4v) is 3.61. The van der Waals surface area contributed by atoms with Crippen molar-refractivity contribution < 1.29 is 4.79 Å². The Balaban J connectivity index is 1.87. The number of carbonyl (C=O) groups excluding carboxylic acids is 1. The van der Waals surface area contributed by atoms with E-state index in [1.165, 1.54) is 14.1 Å². The van der Waals surface area contributed by atoms with E-state index in [0.29, 0.717) is 11.0 Å². The topological polar surface area (TPSA) is 118 Å². The van der Waals surface area contributed by atoms with E-state index in [4.69, 9.17) is 5.73 Å². The minimum Gasteiger partial charge on any atom is -0.384 e. The third-order valence-electron chi connectivity index (χ3n) is 4.54. The smallest absolute Gasteiger partial charge is 0.332 e. The number of ketones is 1. The van der Waals surface area contributed by atoms with Gasteiger partial charge >= 0.3 is 5.69 Å². The van der Waals surface area contributed by atoms with Crippen LogP contribution in [0.5, 0.6) is 0 Å². The summed E-state index contributed by atoms with van der Waals surface area (Å²) in [5.41, 5.74) is 6.37. The third-order valence-corrected chi connectivity index (χ3v) is 5.56. The molecule has 10 heteroatoms. The van der Waals surface area contributed by atoms with E-state index in [2.05, 4.69) is 10.2 Å². The SMILES string of the molecule is Cc1ccccc1-c1nnc(SCC(=O)c2c(N)n(C)c(=O)n(C)c2=O)n1C. The molecular formula is C18H20N6O3S. The number of benzene rings is 1. The maximum Gasteiger partial charge on any atom is 0.332 e. The predicted octanol–water partition coefficient (Wildman–Crippen LogP) is 0.745. The van der Waals surface area contributed by atoms with E-state index in [1.807, 2.05) is 38.2 Å². The van der Waals surface area contributed by atoms with Gasteiger partial charge in [0.2, 0.25) is 0 Å². The van der Waals surface area contributed by atoms with Gasteiger partial charge in [-0.3, -0.25) is 18.7 Å². The Morgan fingerprint density at radius 2 is 1.75 bits per heavy atom. The maximum atomic E-state index is 12.6. The number of thioether (sulfide) groups is 1. The van der Waals surface area contributed by atoms with Crippen molar-refractivity contribution in [2.24, 2.45) is 21.1 Å². The number of hydrogen-bond donors (Lipinski definition) is 1. The largest absolute Gasteiger partial charge is 0.384 e. The van der Waals surface area contributed by atoms with Crippen molar-refractivity contribution in [1.29, 1.82) is 0 Å². The second-order valence-corrected chi connectivity index (χ2v) is 7.30. The minimum atomic E-state index is -0.704. The molecule has 1 aromatic carbocycles. The molecule has 0 spiro atoms. The van der Waals surface area contributed by atoms with E-state index >= 15 is 0 Å². The normalized spacial score (nSPS) is 11.0. The van der Waals surface area contributed by atoms with Crippen molar-refractivity contribution in [3.8, 4) is 11.4 Å². The van der Waals surface area contributed by atoms with Gasteiger partial charge in [-0.1, -0.05) is 36.0 Å². The molecule has 9 nitrogen and oxygen atoms in total. The molecule has 28 heavy (non-hydrogen) atoms. The molecule has 0 amide bonds. The first kappa shape index (κ1) is 19.6. The number of nitrogen functional groups attached to an aromatic ring is 1. The monoisotopic (exact) mass is 400 g/mol. The van der Waals surface area contributed by atoms with Crippen LogP contribution in [0.1, 0.15) is 15.9 Å². The average Bonchev–Trinajstić information content (AvgIpc) is 3.04. The highest BCUT2D eigenvalue weighted by Gasteiger charge is 2.21. The van der Waals surface area contributed by atoms with Crippen LogP contribution < -0.4 is 17.0 Å². The molecule has 0 radical (unpaired) electrons. The number of aromatic nitrogens is 5. The summed E-state index contributed by atoms with van der Waals surface area (Å²) in [6.45, 7) is 1.98. The van der Waals surface area contributed by atoms with Crippen molar-refractivity contribution in [1.82, 2.24) is 23.9 Å². The molecule has 0 atom stereocenters. The first-order valence-corrected chi connectivity index (χ1v) is 9.39. The zero-order chi connectivity index (χ0) is 20.6. The van der Waals surface area contributed by atoms with Crippen molar-refractivity contribution >= 4 is 23.4 Å². The maximum absolute atomic E-state index is 12.6. The minimum absolute atomic E-state index is 0.0581. The lowest BCUT2D eigenvalue weighted by molar-refractivity contribution is 0.102. The van der Waals surface area contributed by atoms with Gasteiger partial charge in [0.1, 0.15) is 11.4 Å². The Morgan fingerprint density at radius 3 is 2.43 bits per heavy atom. The molecular weight excluding hydrogens is 380 g/mol. The Morgan fingerprint density at radius 1 is 1.07 bits per heavy atom. The lowest BCUT2D eigenvalue weighted by Gasteiger charge is -2.10. The first-order chi connectivity index (χ1) is 13.2. The summed E-state index contributed by atoms with van der Waals surface area (Å²) in [6.07, 6.45) is 0. The van der Waals surface area contributed by atoms with E-state index in [1.54, 1.807) is 4.57 Å². The van der Waals surface area contributed by atoms with Gasteiger partial charge in [0, 0.05) is 26.7 Å². The number of aryl methyl sites for hydroxylation is 1. The molecule has 0 bridgehead atoms. The van der Waals surface area contributed by atoms with Gasteiger partial charge in [0.15, 0.2) is 16.8 Å². The lowest BCUT2D eigenvalue weighted by Crippen LogP contribution is -2.41. The summed E-state index contributed by atoms with van der Waals surface area (Å²) in [5, 5.41) is 8.90. The van der Waals surface area contributed by atoms with Crippen LogP contribution in [0, 0.1) is 6.92 Å². The standard InChI is InChI=1S/C18H20N6O3S/c1-10-7-5-6-8-11(10)15-20-21-17(23(15)3)28-9-12(25)13-14(19)22(2)18(27)24(4)16(13)26/h5-8H,9,19H2,1-4H3. The molecule has 0 saturated heterocycles. The molecule has 0 saturated carbocycles. The fraction of sp³-hybridized carbons (Fsp3) is 0.278. The zero-order valence-corrected chi connectivity index (χ0v) is 16.8. The van der Waals surface area contributed by atoms with Crippen LogP contribution in [-0.4, -0.2) is 35.4 Å². The number of carbonyl (C=O) groups is 1. The Kier molecular flexibility index (Phi) is 5.23. The van der Waals surface area contributed by atoms with Gasteiger partial charge in [0.25, 0.3) is 5.56 Å². The van der Waals surface area contributed by atoms with Gasteiger partial charge in [-0.05, 0) is 12.5 Å². The van der Waals surface area contributed by atoms with Gasteiger partial charge in [-0.15, -0.1) is 10.2 Å². The highest BCUT2D eigenvalue weighted by molar-refractivity contribution is 7.99. The highest BCUT2D eigenvalue weighted by Crippen LogP contribution is 2.25. The number of nitrogens with zero attached hydrogens (tertiary/aromatic N) is 5. The van der Waals surface area contributed by atoms with Gasteiger partial charge in [-0.25, -0.2) is 4.79 Å². The van der Waals surface area contributed by atoms with Crippen LogP contribution in [-0.2, 0) is 21.1 Å². The molecule has 146 valence electrons. The second-order valence-electron chi connectivity index (χ2n) is 6.36. The summed E-state index contributed by atoms with van der Waals surface area (Å²) in [7, 11) is 4.54. The lowest BCUT2D eigenvalue weighted by atomic mass is 10.1. The fourth-order valence-electron chi connectivity index (χ4n) is 2.82. The van der Waals surface area contributed by atoms with Crippen LogP contribution >= 0.6 is 11.8 Å². The molecule has 2 N–H and O–H groups in total. The predicted molar refractivity (Wildman–Crippen MR) is 108 cm³/mol. The number of Topliss-reactive ketones (excluding diaryl/α,β-unsaturated/α-hetero) is 1. The van der Waals surface area contributed by atoms with E-state index in [9.17, 15) is 14.4 Å². The molecule has 2 heterocycles. The van der Waals surface area contributed by atoms with Crippen molar-refractivity contribution in [2.45, 2.75) is 12.1 Å². The van der Waals surface area contributed by atoms with Crippen LogP contribution in [0.2, 0.25) is 0 Å². The molecule has 0 aliphatic heterocycles.